The number of nitrogens with zero attached hydrogens (tertiary/aromatic N) is 2. The highest BCUT2D eigenvalue weighted by Crippen LogP contribution is 2.23. The smallest absolute Gasteiger partial charge is 0.129 e. The molecule has 2 rings (SSSR count). The monoisotopic (exact) mass is 330 g/mol. The van der Waals surface area contributed by atoms with Crippen LogP contribution in [0.1, 0.15) is 0 Å². The molecule has 1 aromatic carbocycles. The van der Waals surface area contributed by atoms with Gasteiger partial charge in [0.05, 0.1) is 12.8 Å². The van der Waals surface area contributed by atoms with Gasteiger partial charge in [-0.15, -0.1) is 0 Å². The lowest BCUT2D eigenvalue weighted by Crippen LogP contribution is -1.96. The summed E-state index contributed by atoms with van der Waals surface area (Å²) in [5, 5.41) is 4.29. The fourth-order valence-corrected chi connectivity index (χ4v) is 2.44. The zero-order chi connectivity index (χ0) is 10.8. The maximum absolute atomic E-state index is 5.15. The maximum Gasteiger partial charge on any atom is 0.129 e. The van der Waals surface area contributed by atoms with Crippen LogP contribution in [0.3, 0.4) is 0 Å². The number of aromatic nitrogens is 2. The molecule has 0 bridgehead atoms. The van der Waals surface area contributed by atoms with Gasteiger partial charge in [-0.2, -0.15) is 5.10 Å². The zero-order valence-corrected chi connectivity index (χ0v) is 11.1. The number of benzene rings is 1. The highest BCUT2D eigenvalue weighted by molar-refractivity contribution is 9.11. The zero-order valence-electron chi connectivity index (χ0n) is 7.95. The first kappa shape index (κ1) is 10.7. The fourth-order valence-electron chi connectivity index (χ4n) is 1.25. The van der Waals surface area contributed by atoms with Gasteiger partial charge in [-0.05, 0) is 44.0 Å². The van der Waals surface area contributed by atoms with Crippen molar-refractivity contribution in [3.05, 3.63) is 39.5 Å². The van der Waals surface area contributed by atoms with Crippen LogP contribution in [0.2, 0.25) is 0 Å². The Bertz CT molecular complexity index is 482. The van der Waals surface area contributed by atoms with Gasteiger partial charge in [0, 0.05) is 12.1 Å². The Hall–Kier alpha value is -0.810. The minimum Gasteiger partial charge on any atom is -0.497 e. The second-order valence-electron chi connectivity index (χ2n) is 2.90. The Morgan fingerprint density at radius 3 is 2.67 bits per heavy atom. The Morgan fingerprint density at radius 1 is 1.27 bits per heavy atom. The van der Waals surface area contributed by atoms with E-state index in [0.717, 1.165) is 20.6 Å². The number of hydrogen-bond donors (Lipinski definition) is 0. The van der Waals surface area contributed by atoms with Crippen molar-refractivity contribution in [2.24, 2.45) is 0 Å². The number of methoxy groups -OCH3 is 1. The van der Waals surface area contributed by atoms with Gasteiger partial charge in [0.2, 0.25) is 0 Å². The summed E-state index contributed by atoms with van der Waals surface area (Å²) in [6, 6.07) is 9.60. The highest BCUT2D eigenvalue weighted by atomic mass is 79.9. The lowest BCUT2D eigenvalue weighted by atomic mass is 10.3. The quantitative estimate of drug-likeness (QED) is 0.843. The van der Waals surface area contributed by atoms with E-state index in [4.69, 9.17) is 4.74 Å². The first-order chi connectivity index (χ1) is 7.20. The largest absolute Gasteiger partial charge is 0.497 e. The van der Waals surface area contributed by atoms with E-state index >= 15 is 0 Å². The van der Waals surface area contributed by atoms with E-state index < -0.39 is 0 Å². The van der Waals surface area contributed by atoms with Crippen molar-refractivity contribution in [2.75, 3.05) is 7.11 Å². The average molecular weight is 332 g/mol. The van der Waals surface area contributed by atoms with Gasteiger partial charge >= 0.3 is 0 Å². The fraction of sp³-hybridized carbons (Fsp3) is 0.100. The van der Waals surface area contributed by atoms with E-state index in [-0.39, 0.29) is 0 Å². The topological polar surface area (TPSA) is 27.1 Å². The van der Waals surface area contributed by atoms with Crippen molar-refractivity contribution < 1.29 is 4.74 Å². The molecule has 0 N–H and O–H groups in total. The van der Waals surface area contributed by atoms with Gasteiger partial charge < -0.3 is 4.74 Å². The molecule has 15 heavy (non-hydrogen) atoms. The average Bonchev–Trinajstić information content (AvgIpc) is 2.58. The predicted molar refractivity (Wildman–Crippen MR) is 65.5 cm³/mol. The third-order valence-electron chi connectivity index (χ3n) is 1.93. The maximum atomic E-state index is 5.15. The van der Waals surface area contributed by atoms with Gasteiger partial charge in [0.15, 0.2) is 0 Å². The summed E-state index contributed by atoms with van der Waals surface area (Å²) in [4.78, 5) is 0. The normalized spacial score (nSPS) is 10.3. The molecule has 0 atom stereocenters. The number of rotatable bonds is 2. The van der Waals surface area contributed by atoms with Crippen molar-refractivity contribution in [1.29, 1.82) is 0 Å². The molecule has 0 fully saturated rings. The van der Waals surface area contributed by atoms with Crippen molar-refractivity contribution in [1.82, 2.24) is 9.78 Å². The summed E-state index contributed by atoms with van der Waals surface area (Å²) in [6.45, 7) is 0. The molecule has 0 unspecified atom stereocenters. The van der Waals surface area contributed by atoms with Crippen LogP contribution < -0.4 is 4.74 Å². The molecular weight excluding hydrogens is 324 g/mol. The summed E-state index contributed by atoms with van der Waals surface area (Å²) < 4.78 is 8.62. The van der Waals surface area contributed by atoms with E-state index in [9.17, 15) is 0 Å². The van der Waals surface area contributed by atoms with Crippen LogP contribution in [0.15, 0.2) is 39.5 Å². The molecule has 0 aliphatic rings. The van der Waals surface area contributed by atoms with E-state index in [2.05, 4.69) is 37.0 Å². The summed E-state index contributed by atoms with van der Waals surface area (Å²) in [7, 11) is 1.65. The molecule has 0 saturated carbocycles. The summed E-state index contributed by atoms with van der Waals surface area (Å²) in [5.41, 5.74) is 0.951. The van der Waals surface area contributed by atoms with Crippen LogP contribution >= 0.6 is 31.9 Å². The minimum absolute atomic E-state index is 0.789. The standard InChI is InChI=1S/C10H8Br2N2O/c1-15-8-4-2-3-7(5-8)14-10(12)6-9(11)13-14/h2-6H,1H3. The third kappa shape index (κ3) is 2.23. The molecule has 1 aromatic heterocycles. The van der Waals surface area contributed by atoms with Crippen molar-refractivity contribution in [3.63, 3.8) is 0 Å². The number of halogens is 2. The van der Waals surface area contributed by atoms with E-state index in [1.165, 1.54) is 0 Å². The van der Waals surface area contributed by atoms with Crippen molar-refractivity contribution in [2.45, 2.75) is 0 Å². The number of ether oxygens (including phenoxy) is 1. The lowest BCUT2D eigenvalue weighted by molar-refractivity contribution is 0.414. The molecular formula is C10H8Br2N2O. The molecule has 3 nitrogen and oxygen atoms in total. The predicted octanol–water partition coefficient (Wildman–Crippen LogP) is 3.41. The summed E-state index contributed by atoms with van der Waals surface area (Å²) in [5.74, 6) is 0.811. The van der Waals surface area contributed by atoms with Crippen LogP contribution in [0, 0.1) is 0 Å². The van der Waals surface area contributed by atoms with E-state index in [1.54, 1.807) is 11.8 Å². The van der Waals surface area contributed by atoms with Gasteiger partial charge in [0.1, 0.15) is 15.0 Å². The second kappa shape index (κ2) is 4.37. The molecule has 0 saturated heterocycles. The first-order valence-corrected chi connectivity index (χ1v) is 5.85. The molecule has 2 aromatic rings. The Morgan fingerprint density at radius 2 is 2.07 bits per heavy atom. The Kier molecular flexibility index (Phi) is 3.11. The third-order valence-corrected chi connectivity index (χ3v) is 2.89. The van der Waals surface area contributed by atoms with Gasteiger partial charge in [-0.25, -0.2) is 4.68 Å². The van der Waals surface area contributed by atoms with Crippen LogP contribution in [0.25, 0.3) is 5.69 Å². The first-order valence-electron chi connectivity index (χ1n) is 4.26. The SMILES string of the molecule is COc1cccc(-n2nc(Br)cc2Br)c1. The van der Waals surface area contributed by atoms with Crippen LogP contribution in [-0.4, -0.2) is 16.9 Å². The van der Waals surface area contributed by atoms with Gasteiger partial charge in [0.25, 0.3) is 0 Å². The van der Waals surface area contributed by atoms with Crippen LogP contribution in [0.4, 0.5) is 0 Å². The molecule has 0 spiro atoms. The van der Waals surface area contributed by atoms with Crippen molar-refractivity contribution >= 4 is 31.9 Å². The van der Waals surface area contributed by atoms with E-state index in [1.807, 2.05) is 30.3 Å². The molecule has 0 amide bonds. The Balaban J connectivity index is 2.49. The molecule has 0 aliphatic heterocycles. The second-order valence-corrected chi connectivity index (χ2v) is 4.53. The van der Waals surface area contributed by atoms with E-state index in [0.29, 0.717) is 0 Å². The molecule has 78 valence electrons. The lowest BCUT2D eigenvalue weighted by Gasteiger charge is -2.05. The molecule has 0 aliphatic carbocycles. The van der Waals surface area contributed by atoms with Gasteiger partial charge in [-0.3, -0.25) is 0 Å². The summed E-state index contributed by atoms with van der Waals surface area (Å²) >= 11 is 6.75. The van der Waals surface area contributed by atoms with Gasteiger partial charge in [-0.1, -0.05) is 6.07 Å². The molecule has 1 heterocycles. The van der Waals surface area contributed by atoms with Crippen LogP contribution in [0.5, 0.6) is 5.75 Å². The van der Waals surface area contributed by atoms with Crippen LogP contribution in [-0.2, 0) is 0 Å². The molecule has 0 radical (unpaired) electrons. The Labute approximate surface area is 104 Å². The summed E-state index contributed by atoms with van der Waals surface area (Å²) in [6.07, 6.45) is 0. The minimum atomic E-state index is 0.789. The van der Waals surface area contributed by atoms with Crippen molar-refractivity contribution in [3.8, 4) is 11.4 Å². The molecule has 5 heteroatoms. The number of hydrogen-bond acceptors (Lipinski definition) is 2. The highest BCUT2D eigenvalue weighted by Gasteiger charge is 2.05.